The number of carbonyl (C=O) groups excluding carboxylic acids is 14. The Hall–Kier alpha value is -8.23. The lowest BCUT2D eigenvalue weighted by Crippen LogP contribution is -2.75. The zero-order chi connectivity index (χ0) is 68.1. The van der Waals surface area contributed by atoms with Crippen molar-refractivity contribution < 1.29 is 87.7 Å². The fourth-order valence-electron chi connectivity index (χ4n) is 11.7. The van der Waals surface area contributed by atoms with E-state index in [4.69, 9.17) is 22.9 Å². The van der Waals surface area contributed by atoms with E-state index in [1.54, 1.807) is 7.05 Å². The van der Waals surface area contributed by atoms with Crippen LogP contribution < -0.4 is 81.4 Å². The smallest absolute Gasteiger partial charge is 0.266 e. The maximum absolute atomic E-state index is 14.2. The Labute approximate surface area is 529 Å². The van der Waals surface area contributed by atoms with Crippen LogP contribution in [-0.4, -0.2) is 262 Å². The second-order valence-electron chi connectivity index (χ2n) is 23.7. The molecular weight excluding hydrogens is 1210 g/mol. The first-order valence-electron chi connectivity index (χ1n) is 30.8. The Balaban J connectivity index is 1.15. The summed E-state index contributed by atoms with van der Waals surface area (Å²) in [5.74, 6) is -12.1. The number of carbonyl (C=O) groups is 14. The van der Waals surface area contributed by atoms with Crippen molar-refractivity contribution >= 4 is 88.5 Å². The summed E-state index contributed by atoms with van der Waals surface area (Å²) in [6.07, 6.45) is -2.05. The first-order chi connectivity index (χ1) is 43.5. The van der Waals surface area contributed by atoms with Crippen LogP contribution in [0.15, 0.2) is 4.99 Å². The van der Waals surface area contributed by atoms with Gasteiger partial charge in [-0.15, -0.1) is 0 Å². The molecule has 0 bridgehead atoms. The van der Waals surface area contributed by atoms with Gasteiger partial charge in [0, 0.05) is 45.4 Å². The van der Waals surface area contributed by atoms with Crippen LogP contribution in [0.25, 0.3) is 0 Å². The number of unbranched alkanes of at least 4 members (excludes halogenated alkanes) is 1. The summed E-state index contributed by atoms with van der Waals surface area (Å²) >= 11 is 0. The normalized spacial score (nSPS) is 24.8. The Morgan fingerprint density at radius 1 is 0.707 bits per heavy atom. The van der Waals surface area contributed by atoms with Gasteiger partial charge in [-0.25, -0.2) is 5.06 Å². The van der Waals surface area contributed by atoms with Crippen molar-refractivity contribution in [2.75, 3.05) is 52.9 Å². The molecule has 0 aromatic rings. The molecule has 0 spiro atoms. The maximum Gasteiger partial charge on any atom is 0.266 e. The maximum atomic E-state index is 14.2. The van der Waals surface area contributed by atoms with Crippen LogP contribution in [0, 0.1) is 5.92 Å². The number of nitrogens with zero attached hydrogens (tertiary/aromatic N) is 4. The average Bonchev–Trinajstić information content (AvgIpc) is 0.753. The van der Waals surface area contributed by atoms with Gasteiger partial charge >= 0.3 is 0 Å². The molecule has 5 rings (SSSR count). The molecule has 4 heterocycles. The van der Waals surface area contributed by atoms with E-state index in [1.165, 1.54) is 18.7 Å². The molecular formula is C55H91N19O18. The minimum atomic E-state index is -2.08. The van der Waals surface area contributed by atoms with Gasteiger partial charge in [0.25, 0.3) is 5.91 Å². The molecule has 514 valence electrons. The molecule has 23 N–H and O–H groups in total. The predicted octanol–water partition coefficient (Wildman–Crippen LogP) is -10.3. The number of aliphatic imine (C=N–C) groups is 1. The summed E-state index contributed by atoms with van der Waals surface area (Å²) < 4.78 is 0. The molecule has 6 unspecified atom stereocenters. The van der Waals surface area contributed by atoms with Gasteiger partial charge in [-0.1, -0.05) is 0 Å². The Morgan fingerprint density at radius 2 is 1.40 bits per heavy atom. The third-order valence-electron chi connectivity index (χ3n) is 16.7. The SMILES string of the molecule is C[C@@H](NC(=O)[C@H](CO)NC(=O)[C@H]1CCN=C([C@@H](CCC(N)=O)NC(=O)[C@H](CC(N)=O)N(O)C(=O)CNC(=O)CNC(=O)[C@@H](CCCCN)NC(=O)[C@@H](C)NC(=O)[C@@H]2CCNC3C(NC(=O)CCC(N)=O)CC4CC(O)C(O)CC4N32)N1)C(=O)N[C@H]1CCCN(C)C1=O. The average molecular weight is 1310 g/mol. The fraction of sp³-hybridized carbons (Fsp3) is 0.727. The zero-order valence-electron chi connectivity index (χ0n) is 51.8. The highest BCUT2D eigenvalue weighted by Crippen LogP contribution is 2.40. The summed E-state index contributed by atoms with van der Waals surface area (Å²) in [6, 6.07) is -12.6. The highest BCUT2D eigenvalue weighted by Gasteiger charge is 2.53. The van der Waals surface area contributed by atoms with E-state index in [1.807, 2.05) is 4.90 Å². The van der Waals surface area contributed by atoms with Crippen molar-refractivity contribution in [3.05, 3.63) is 0 Å². The molecule has 5 aliphatic rings. The standard InChI is InChI=1S/C55H91N19O18/c1-26(49(85)70-32-8-6-18-72(3)55(32)91)64-52(88)34(25-75)71-51(87)31-13-16-60-46(67-31)29(9-10-40(57)78)68-54(90)37(22-42(59)80)74(92)45(83)24-62-44(82)23-63-50(86)30(7-4-5-15-56)69-48(84)27(2)65-53(89)35-14-17-61-47-33(66-43(81)12-11-41(58)79)19-28-20-38(76)39(77)21-36(28)73(35)47/h26-39,47,61,75-77,92H,4-25,56H2,1-3H3,(H2,57,78)(H2,58,79)(H2,59,80)(H,60,67)(H,62,82)(H,63,86)(H,64,88)(H,65,89)(H,66,81)(H,68,90)(H,69,84)(H,70,85)(H,71,87)/t26-,27-,28?,29-,30-,31-,32+,33?,34+,35+,36?,37+,38?,39?,47?/m1/s1. The van der Waals surface area contributed by atoms with Crippen LogP contribution in [0.2, 0.25) is 0 Å². The zero-order valence-corrected chi connectivity index (χ0v) is 51.8. The van der Waals surface area contributed by atoms with E-state index < -0.39 is 194 Å². The second kappa shape index (κ2) is 35.6. The summed E-state index contributed by atoms with van der Waals surface area (Å²) in [5.41, 5.74) is 21.7. The van der Waals surface area contributed by atoms with Crippen molar-refractivity contribution in [1.29, 1.82) is 0 Å². The number of nitrogens with one attached hydrogen (secondary N) is 11. The van der Waals surface area contributed by atoms with Crippen LogP contribution in [0.1, 0.15) is 110 Å². The van der Waals surface area contributed by atoms with Crippen LogP contribution >= 0.6 is 0 Å². The van der Waals surface area contributed by atoms with Gasteiger partial charge < -0.3 is 96.3 Å². The number of fused-ring (bicyclic) bond motifs is 3. The highest BCUT2D eigenvalue weighted by molar-refractivity contribution is 6.00. The van der Waals surface area contributed by atoms with Crippen molar-refractivity contribution in [2.24, 2.45) is 33.8 Å². The third kappa shape index (κ3) is 21.7. The van der Waals surface area contributed by atoms with Gasteiger partial charge in [-0.3, -0.25) is 87.5 Å². The van der Waals surface area contributed by atoms with Crippen molar-refractivity contribution in [2.45, 2.75) is 195 Å². The van der Waals surface area contributed by atoms with Crippen molar-refractivity contribution in [3.8, 4) is 0 Å². The molecule has 37 nitrogen and oxygen atoms in total. The highest BCUT2D eigenvalue weighted by atomic mass is 16.5. The van der Waals surface area contributed by atoms with Gasteiger partial charge in [0.05, 0.1) is 62.6 Å². The Bertz CT molecular complexity index is 2740. The van der Waals surface area contributed by atoms with Gasteiger partial charge in [-0.2, -0.15) is 0 Å². The number of amidine groups is 1. The molecule has 0 aromatic heterocycles. The minimum Gasteiger partial charge on any atom is -0.394 e. The van der Waals surface area contributed by atoms with E-state index in [2.05, 4.69) is 63.5 Å². The molecule has 1 saturated carbocycles. The van der Waals surface area contributed by atoms with Crippen LogP contribution in [0.4, 0.5) is 0 Å². The molecule has 14 amide bonds. The molecule has 1 aliphatic carbocycles. The fourth-order valence-corrected chi connectivity index (χ4v) is 11.7. The molecule has 4 fully saturated rings. The number of rotatable bonds is 33. The number of aliphatic hydroxyl groups excluding tert-OH is 3. The van der Waals surface area contributed by atoms with Gasteiger partial charge in [0.1, 0.15) is 48.1 Å². The van der Waals surface area contributed by atoms with E-state index in [9.17, 15) is 87.7 Å². The summed E-state index contributed by atoms with van der Waals surface area (Å²) in [4.78, 5) is 190. The van der Waals surface area contributed by atoms with Crippen molar-refractivity contribution in [3.63, 3.8) is 0 Å². The van der Waals surface area contributed by atoms with Gasteiger partial charge in [0.2, 0.25) is 76.8 Å². The van der Waals surface area contributed by atoms with E-state index in [0.717, 1.165) is 0 Å². The first kappa shape index (κ1) is 74.5. The molecule has 37 heteroatoms. The number of likely N-dealkylation sites (tertiary alicyclic amines) is 1. The molecule has 0 aromatic carbocycles. The lowest BCUT2D eigenvalue weighted by molar-refractivity contribution is -0.180. The number of piperidine rings is 2. The summed E-state index contributed by atoms with van der Waals surface area (Å²) in [5, 5.41) is 71.0. The Morgan fingerprint density at radius 3 is 2.08 bits per heavy atom. The van der Waals surface area contributed by atoms with Crippen LogP contribution in [0.5, 0.6) is 0 Å². The molecule has 3 saturated heterocycles. The van der Waals surface area contributed by atoms with Crippen molar-refractivity contribution in [1.82, 2.24) is 73.3 Å². The van der Waals surface area contributed by atoms with Gasteiger partial charge in [-0.05, 0) is 103 Å². The largest absolute Gasteiger partial charge is 0.394 e. The van der Waals surface area contributed by atoms with Crippen LogP contribution in [-0.2, 0) is 67.1 Å². The van der Waals surface area contributed by atoms with E-state index in [-0.39, 0.29) is 87.2 Å². The lowest BCUT2D eigenvalue weighted by Gasteiger charge is -2.57. The van der Waals surface area contributed by atoms with Gasteiger partial charge in [0.15, 0.2) is 0 Å². The minimum absolute atomic E-state index is 0.000998. The topological polar surface area (TPSA) is 578 Å². The van der Waals surface area contributed by atoms with E-state index in [0.29, 0.717) is 45.2 Å². The lowest BCUT2D eigenvalue weighted by atomic mass is 9.72. The molecule has 0 radical (unpaired) electrons. The van der Waals surface area contributed by atoms with Crippen LogP contribution in [0.3, 0.4) is 0 Å². The molecule has 15 atom stereocenters. The number of amides is 14. The number of hydrogen-bond acceptors (Lipinski definition) is 23. The third-order valence-corrected chi connectivity index (χ3v) is 16.7. The summed E-state index contributed by atoms with van der Waals surface area (Å²) in [6.45, 7) is 0.983. The number of primary amides is 3. The molecule has 92 heavy (non-hydrogen) atoms. The number of likely N-dealkylation sites (N-methyl/N-ethyl adjacent to an activating group) is 1. The first-order valence-corrected chi connectivity index (χ1v) is 30.8. The number of aliphatic hydroxyl groups is 3. The number of nitrogens with two attached hydrogens (primary N) is 4. The monoisotopic (exact) mass is 1310 g/mol. The quantitative estimate of drug-likeness (QED) is 0.0165. The number of hydrogen-bond donors (Lipinski definition) is 19. The van der Waals surface area contributed by atoms with E-state index >= 15 is 0 Å². The second-order valence-corrected chi connectivity index (χ2v) is 23.7. The predicted molar refractivity (Wildman–Crippen MR) is 320 cm³/mol. The molecule has 4 aliphatic heterocycles. The Kier molecular flexibility index (Phi) is 28.8. The number of hydroxylamine groups is 2. The summed E-state index contributed by atoms with van der Waals surface area (Å²) in [7, 11) is 1.59.